The Morgan fingerprint density at radius 3 is 3.11 bits per heavy atom. The van der Waals surface area contributed by atoms with Crippen molar-refractivity contribution in [3.8, 4) is 0 Å². The molecule has 0 aromatic carbocycles. The first-order chi connectivity index (χ1) is 8.78. The van der Waals surface area contributed by atoms with Crippen molar-refractivity contribution in [3.63, 3.8) is 0 Å². The number of hydrogen-bond donors (Lipinski definition) is 2. The molecule has 0 aliphatic carbocycles. The fraction of sp³-hybridized carbons (Fsp3) is 0.769. The van der Waals surface area contributed by atoms with Gasteiger partial charge in [-0.25, -0.2) is 0 Å². The minimum absolute atomic E-state index is 0.367. The molecule has 1 saturated heterocycles. The van der Waals surface area contributed by atoms with Crippen LogP contribution in [0.3, 0.4) is 0 Å². The quantitative estimate of drug-likeness (QED) is 0.727. The van der Waals surface area contributed by atoms with E-state index in [4.69, 9.17) is 0 Å². The average molecular weight is 252 g/mol. The molecule has 5 heteroatoms. The van der Waals surface area contributed by atoms with Gasteiger partial charge >= 0.3 is 0 Å². The fourth-order valence-corrected chi connectivity index (χ4v) is 2.51. The molecule has 2 unspecified atom stereocenters. The highest BCUT2D eigenvalue weighted by Gasteiger charge is 2.20. The van der Waals surface area contributed by atoms with Gasteiger partial charge in [0.1, 0.15) is 0 Å². The summed E-state index contributed by atoms with van der Waals surface area (Å²) in [7, 11) is 0. The Morgan fingerprint density at radius 2 is 2.44 bits per heavy atom. The maximum atomic E-state index is 9.86. The Balaban J connectivity index is 1.58. The predicted octanol–water partition coefficient (Wildman–Crippen LogP) is 0.175. The number of aromatic nitrogens is 2. The van der Waals surface area contributed by atoms with Gasteiger partial charge in [0.05, 0.1) is 12.6 Å². The maximum absolute atomic E-state index is 9.86. The molecule has 1 aliphatic rings. The molecule has 2 atom stereocenters. The highest BCUT2D eigenvalue weighted by atomic mass is 16.3. The van der Waals surface area contributed by atoms with E-state index in [1.165, 1.54) is 19.5 Å². The van der Waals surface area contributed by atoms with Gasteiger partial charge in [-0.05, 0) is 38.0 Å². The van der Waals surface area contributed by atoms with Crippen LogP contribution in [-0.2, 0) is 6.54 Å². The van der Waals surface area contributed by atoms with Crippen molar-refractivity contribution in [1.82, 2.24) is 20.0 Å². The molecular formula is C13H24N4O. The molecule has 1 fully saturated rings. The van der Waals surface area contributed by atoms with Crippen LogP contribution in [0, 0.1) is 5.92 Å². The number of likely N-dealkylation sites (tertiary alicyclic amines) is 1. The summed E-state index contributed by atoms with van der Waals surface area (Å²) in [4.78, 5) is 2.48. The number of hydrogen-bond acceptors (Lipinski definition) is 4. The van der Waals surface area contributed by atoms with Crippen molar-refractivity contribution < 1.29 is 5.11 Å². The van der Waals surface area contributed by atoms with Gasteiger partial charge in [0.2, 0.25) is 0 Å². The van der Waals surface area contributed by atoms with Crippen molar-refractivity contribution in [2.45, 2.75) is 26.0 Å². The lowest BCUT2D eigenvalue weighted by atomic mass is 10.1. The Morgan fingerprint density at radius 1 is 1.56 bits per heavy atom. The van der Waals surface area contributed by atoms with Crippen LogP contribution in [0.15, 0.2) is 18.5 Å². The zero-order chi connectivity index (χ0) is 12.8. The van der Waals surface area contributed by atoms with Crippen molar-refractivity contribution in [1.29, 1.82) is 0 Å². The van der Waals surface area contributed by atoms with Crippen molar-refractivity contribution in [2.75, 3.05) is 32.7 Å². The highest BCUT2D eigenvalue weighted by Crippen LogP contribution is 2.14. The summed E-state index contributed by atoms with van der Waals surface area (Å²) in [6, 6.07) is 1.87. The van der Waals surface area contributed by atoms with Crippen LogP contribution in [0.2, 0.25) is 0 Å². The topological polar surface area (TPSA) is 53.3 Å². The molecule has 5 nitrogen and oxygen atoms in total. The standard InChI is InChI=1S/C13H24N4O/c1-2-16-7-4-12(10-16)8-14-9-13(18)11-17-6-3-5-15-17/h3,5-6,12-14,18H,2,4,7-11H2,1H3. The second-order valence-electron chi connectivity index (χ2n) is 5.09. The van der Waals surface area contributed by atoms with Crippen LogP contribution < -0.4 is 5.32 Å². The van der Waals surface area contributed by atoms with E-state index in [0.29, 0.717) is 13.1 Å². The molecule has 18 heavy (non-hydrogen) atoms. The molecule has 0 bridgehead atoms. The lowest BCUT2D eigenvalue weighted by Crippen LogP contribution is -2.34. The molecule has 1 aromatic heterocycles. The summed E-state index contributed by atoms with van der Waals surface area (Å²) in [5, 5.41) is 17.3. The molecule has 102 valence electrons. The van der Waals surface area contributed by atoms with Crippen LogP contribution in [0.5, 0.6) is 0 Å². The lowest BCUT2D eigenvalue weighted by Gasteiger charge is -2.16. The van der Waals surface area contributed by atoms with Crippen LogP contribution in [0.4, 0.5) is 0 Å². The van der Waals surface area contributed by atoms with Gasteiger partial charge in [0, 0.05) is 25.5 Å². The third-order valence-corrected chi connectivity index (χ3v) is 3.59. The summed E-state index contributed by atoms with van der Waals surface area (Å²) in [6.07, 6.45) is 4.52. The summed E-state index contributed by atoms with van der Waals surface area (Å²) in [5.74, 6) is 0.738. The minimum Gasteiger partial charge on any atom is -0.390 e. The first kappa shape index (κ1) is 13.5. The number of aliphatic hydroxyl groups is 1. The first-order valence-electron chi connectivity index (χ1n) is 6.86. The van der Waals surface area contributed by atoms with Gasteiger partial charge < -0.3 is 15.3 Å². The molecule has 2 heterocycles. The normalized spacial score (nSPS) is 22.4. The predicted molar refractivity (Wildman–Crippen MR) is 71.3 cm³/mol. The average Bonchev–Trinajstić information content (AvgIpc) is 3.00. The molecular weight excluding hydrogens is 228 g/mol. The highest BCUT2D eigenvalue weighted by molar-refractivity contribution is 4.79. The number of aliphatic hydroxyl groups excluding tert-OH is 1. The van der Waals surface area contributed by atoms with Crippen molar-refractivity contribution >= 4 is 0 Å². The van der Waals surface area contributed by atoms with Gasteiger partial charge in [-0.2, -0.15) is 5.10 Å². The zero-order valence-electron chi connectivity index (χ0n) is 11.1. The minimum atomic E-state index is -0.367. The van der Waals surface area contributed by atoms with E-state index in [2.05, 4.69) is 22.2 Å². The second-order valence-corrected chi connectivity index (χ2v) is 5.09. The van der Waals surface area contributed by atoms with E-state index in [1.54, 1.807) is 10.9 Å². The smallest absolute Gasteiger partial charge is 0.0860 e. The maximum Gasteiger partial charge on any atom is 0.0860 e. The Labute approximate surface area is 109 Å². The summed E-state index contributed by atoms with van der Waals surface area (Å²) in [5.41, 5.74) is 0. The van der Waals surface area contributed by atoms with E-state index in [1.807, 2.05) is 12.3 Å². The van der Waals surface area contributed by atoms with Crippen molar-refractivity contribution in [2.24, 2.45) is 5.92 Å². The Bertz CT molecular complexity index is 328. The molecule has 0 saturated carbocycles. The largest absolute Gasteiger partial charge is 0.390 e. The molecule has 0 radical (unpaired) electrons. The molecule has 1 aromatic rings. The first-order valence-corrected chi connectivity index (χ1v) is 6.86. The van der Waals surface area contributed by atoms with Crippen molar-refractivity contribution in [3.05, 3.63) is 18.5 Å². The third kappa shape index (κ3) is 4.08. The van der Waals surface area contributed by atoms with Crippen LogP contribution >= 0.6 is 0 Å². The lowest BCUT2D eigenvalue weighted by molar-refractivity contribution is 0.145. The summed E-state index contributed by atoms with van der Waals surface area (Å²) >= 11 is 0. The van der Waals surface area contributed by atoms with E-state index >= 15 is 0 Å². The van der Waals surface area contributed by atoms with Gasteiger partial charge in [-0.15, -0.1) is 0 Å². The van der Waals surface area contributed by atoms with Crippen LogP contribution in [-0.4, -0.2) is 58.6 Å². The third-order valence-electron chi connectivity index (χ3n) is 3.59. The molecule has 2 N–H and O–H groups in total. The van der Waals surface area contributed by atoms with E-state index in [9.17, 15) is 5.11 Å². The van der Waals surface area contributed by atoms with Gasteiger partial charge in [-0.1, -0.05) is 6.92 Å². The number of rotatable bonds is 7. The van der Waals surface area contributed by atoms with Gasteiger partial charge in [0.15, 0.2) is 0 Å². The number of nitrogens with zero attached hydrogens (tertiary/aromatic N) is 3. The molecule has 2 rings (SSSR count). The summed E-state index contributed by atoms with van der Waals surface area (Å²) < 4.78 is 1.76. The Kier molecular flexibility index (Phi) is 5.16. The van der Waals surface area contributed by atoms with E-state index in [-0.39, 0.29) is 6.10 Å². The molecule has 0 spiro atoms. The number of nitrogens with one attached hydrogen (secondary N) is 1. The van der Waals surface area contributed by atoms with Gasteiger partial charge in [0.25, 0.3) is 0 Å². The zero-order valence-corrected chi connectivity index (χ0v) is 11.1. The molecule has 0 amide bonds. The van der Waals surface area contributed by atoms with Gasteiger partial charge in [-0.3, -0.25) is 4.68 Å². The Hall–Kier alpha value is -0.910. The van der Waals surface area contributed by atoms with Crippen LogP contribution in [0.1, 0.15) is 13.3 Å². The monoisotopic (exact) mass is 252 g/mol. The SMILES string of the molecule is CCN1CCC(CNCC(O)Cn2cccn2)C1. The van der Waals surface area contributed by atoms with E-state index in [0.717, 1.165) is 19.0 Å². The van der Waals surface area contributed by atoms with Crippen LogP contribution in [0.25, 0.3) is 0 Å². The van der Waals surface area contributed by atoms with E-state index < -0.39 is 0 Å². The summed E-state index contributed by atoms with van der Waals surface area (Å²) in [6.45, 7) is 7.99. The fourth-order valence-electron chi connectivity index (χ4n) is 2.51. The molecule has 1 aliphatic heterocycles. The second kappa shape index (κ2) is 6.87.